The van der Waals surface area contributed by atoms with Gasteiger partial charge in [0.1, 0.15) is 6.04 Å². The molecule has 0 aliphatic carbocycles. The molecule has 0 aromatic heterocycles. The Hall–Kier alpha value is -0.720. The maximum atomic E-state index is 10.3. The zero-order chi connectivity index (χ0) is 11.1. The number of rotatable bonds is 5. The normalized spacial score (nSPS) is 12.1. The van der Waals surface area contributed by atoms with E-state index in [0.29, 0.717) is 25.3 Å². The molecule has 0 aliphatic rings. The number of aliphatic imine (C=N–C) groups is 1. The number of halogens is 2. The zero-order valence-corrected chi connectivity index (χ0v) is 11.1. The SMILES string of the molecule is CN(C)C(N)=N[13CH2][13CH2][13CH2][13C@H](N)[13C](=O)O.Cl.Cl. The lowest BCUT2D eigenvalue weighted by atomic mass is 10.8. The highest BCUT2D eigenvalue weighted by molar-refractivity contribution is 5.85. The van der Waals surface area contributed by atoms with Gasteiger partial charge in [0, 0.05) is 20.6 Å². The first-order valence-corrected chi connectivity index (χ1v) is 4.40. The van der Waals surface area contributed by atoms with Gasteiger partial charge in [-0.15, -0.1) is 24.8 Å². The summed E-state index contributed by atoms with van der Waals surface area (Å²) in [7, 11) is 3.59. The number of nitrogens with two attached hydrogens (primary N) is 2. The molecule has 0 bridgehead atoms. The van der Waals surface area contributed by atoms with Gasteiger partial charge in [0.05, 0.1) is 0 Å². The molecule has 0 saturated carbocycles. The summed E-state index contributed by atoms with van der Waals surface area (Å²) < 4.78 is 0. The topological polar surface area (TPSA) is 105 Å². The van der Waals surface area contributed by atoms with Crippen LogP contribution in [0.3, 0.4) is 0 Å². The van der Waals surface area contributed by atoms with Crippen molar-refractivity contribution in [2.75, 3.05) is 20.6 Å². The van der Waals surface area contributed by atoms with Crippen LogP contribution in [-0.2, 0) is 4.79 Å². The Balaban J connectivity index is -0.000000845. The van der Waals surface area contributed by atoms with E-state index in [9.17, 15) is 4.79 Å². The van der Waals surface area contributed by atoms with Crippen LogP contribution in [0.15, 0.2) is 4.99 Å². The molecule has 16 heavy (non-hydrogen) atoms. The number of aliphatic carboxylic acids is 1. The summed E-state index contributed by atoms with van der Waals surface area (Å²) in [5.74, 6) is -0.538. The fraction of sp³-hybridized carbons (Fsp3) is 0.750. The number of carboxylic acids is 1. The molecule has 0 aromatic rings. The second kappa shape index (κ2) is 10.8. The third-order valence-electron chi connectivity index (χ3n) is 1.72. The molecule has 0 unspecified atom stereocenters. The number of carbonyl (C=O) groups is 1. The van der Waals surface area contributed by atoms with E-state index in [0.717, 1.165) is 0 Å². The van der Waals surface area contributed by atoms with Gasteiger partial charge < -0.3 is 21.5 Å². The van der Waals surface area contributed by atoms with Crippen molar-refractivity contribution in [1.82, 2.24) is 4.90 Å². The Morgan fingerprint density at radius 1 is 1.44 bits per heavy atom. The van der Waals surface area contributed by atoms with E-state index >= 15 is 0 Å². The Labute approximate surface area is 108 Å². The molecule has 5 N–H and O–H groups in total. The summed E-state index contributed by atoms with van der Waals surface area (Å²) in [5, 5.41) is 8.48. The summed E-state index contributed by atoms with van der Waals surface area (Å²) in [6, 6.07) is -0.800. The average molecular weight is 280 g/mol. The lowest BCUT2D eigenvalue weighted by Crippen LogP contribution is -2.31. The van der Waals surface area contributed by atoms with Gasteiger partial charge in [-0.1, -0.05) is 0 Å². The molecule has 6 nitrogen and oxygen atoms in total. The van der Waals surface area contributed by atoms with Crippen LogP contribution < -0.4 is 11.5 Å². The van der Waals surface area contributed by atoms with Crippen LogP contribution in [-0.4, -0.2) is 48.6 Å². The number of hydrogen-bond donors (Lipinski definition) is 3. The Morgan fingerprint density at radius 3 is 2.31 bits per heavy atom. The predicted molar refractivity (Wildman–Crippen MR) is 69.5 cm³/mol. The van der Waals surface area contributed by atoms with Crippen molar-refractivity contribution in [2.45, 2.75) is 18.9 Å². The number of hydrogen-bond acceptors (Lipinski definition) is 3. The van der Waals surface area contributed by atoms with Gasteiger partial charge in [0.25, 0.3) is 0 Å². The van der Waals surface area contributed by atoms with Crippen molar-refractivity contribution in [1.29, 1.82) is 0 Å². The molecular weight excluding hydrogens is 260 g/mol. The summed E-state index contributed by atoms with van der Waals surface area (Å²) in [6.07, 6.45) is 1.04. The first-order valence-electron chi connectivity index (χ1n) is 4.40. The van der Waals surface area contributed by atoms with Crippen LogP contribution in [0.2, 0.25) is 0 Å². The van der Waals surface area contributed by atoms with Crippen molar-refractivity contribution in [3.63, 3.8) is 0 Å². The standard InChI is InChI=1S/C8H18N4O2.2ClH/c1-12(2)8(10)11-5-3-4-6(9)7(13)14;;/h6H,3-5,9H2,1-2H3,(H2,10,11)(H,13,14);2*1H/t6-;;/m0../s1/i3+1,4+1,5+1,6+1,7+1;;. The highest BCUT2D eigenvalue weighted by atomic mass is 35.5. The van der Waals surface area contributed by atoms with Crippen molar-refractivity contribution in [2.24, 2.45) is 16.5 Å². The highest BCUT2D eigenvalue weighted by Gasteiger charge is 2.09. The first-order chi connectivity index (χ1) is 6.45. The second-order valence-electron chi connectivity index (χ2n) is 3.22. The average Bonchev–Trinajstić information content (AvgIpc) is 2.11. The molecule has 0 rings (SSSR count). The molecule has 0 saturated heterocycles. The zero-order valence-electron chi connectivity index (χ0n) is 9.42. The predicted octanol–water partition coefficient (Wildman–Crippen LogP) is -0.102. The van der Waals surface area contributed by atoms with Gasteiger partial charge >= 0.3 is 5.97 Å². The molecule has 0 heterocycles. The summed E-state index contributed by atoms with van der Waals surface area (Å²) in [4.78, 5) is 16.1. The summed E-state index contributed by atoms with van der Waals surface area (Å²) in [5.41, 5.74) is 10.8. The first kappa shape index (κ1) is 20.7. The maximum Gasteiger partial charge on any atom is 0.320 e. The number of carboxylic acid groups (broad SMARTS) is 1. The van der Waals surface area contributed by atoms with Gasteiger partial charge in [-0.05, 0) is 12.8 Å². The summed E-state index contributed by atoms with van der Waals surface area (Å²) in [6.45, 7) is 0.505. The summed E-state index contributed by atoms with van der Waals surface area (Å²) >= 11 is 0. The highest BCUT2D eigenvalue weighted by Crippen LogP contribution is 1.95. The van der Waals surface area contributed by atoms with E-state index in [1.54, 1.807) is 19.0 Å². The van der Waals surface area contributed by atoms with E-state index < -0.39 is 12.0 Å². The van der Waals surface area contributed by atoms with Crippen molar-refractivity contribution in [3.8, 4) is 0 Å². The van der Waals surface area contributed by atoms with Crippen molar-refractivity contribution < 1.29 is 9.90 Å². The van der Waals surface area contributed by atoms with Crippen LogP contribution in [0.1, 0.15) is 12.8 Å². The fourth-order valence-corrected chi connectivity index (χ4v) is 0.770. The fourth-order valence-electron chi connectivity index (χ4n) is 0.770. The van der Waals surface area contributed by atoms with Gasteiger partial charge in [-0.3, -0.25) is 9.79 Å². The molecule has 0 spiro atoms. The maximum absolute atomic E-state index is 10.3. The van der Waals surface area contributed by atoms with E-state index in [2.05, 4.69) is 4.99 Å². The molecule has 0 radical (unpaired) electrons. The number of guanidine groups is 1. The van der Waals surface area contributed by atoms with E-state index in [4.69, 9.17) is 16.6 Å². The molecule has 8 heteroatoms. The second-order valence-corrected chi connectivity index (χ2v) is 3.22. The molecule has 98 valence electrons. The van der Waals surface area contributed by atoms with E-state index in [1.165, 1.54) is 0 Å². The molecular formula is C8H20Cl2N4O2. The Morgan fingerprint density at radius 2 is 1.94 bits per heavy atom. The lowest BCUT2D eigenvalue weighted by molar-refractivity contribution is -0.138. The van der Waals surface area contributed by atoms with Crippen LogP contribution in [0.5, 0.6) is 0 Å². The minimum absolute atomic E-state index is 0. The van der Waals surface area contributed by atoms with Crippen LogP contribution >= 0.6 is 24.8 Å². The monoisotopic (exact) mass is 279 g/mol. The third kappa shape index (κ3) is 9.82. The molecule has 0 aromatic carbocycles. The third-order valence-corrected chi connectivity index (χ3v) is 1.72. The largest absolute Gasteiger partial charge is 0.480 e. The Kier molecular flexibility index (Phi) is 13.9. The minimum atomic E-state index is -0.977. The molecule has 0 fully saturated rings. The molecule has 0 aliphatic heterocycles. The minimum Gasteiger partial charge on any atom is -0.480 e. The van der Waals surface area contributed by atoms with Gasteiger partial charge in [-0.2, -0.15) is 0 Å². The van der Waals surface area contributed by atoms with Gasteiger partial charge in [0.2, 0.25) is 0 Å². The van der Waals surface area contributed by atoms with Crippen molar-refractivity contribution in [3.05, 3.63) is 0 Å². The van der Waals surface area contributed by atoms with Gasteiger partial charge in [0.15, 0.2) is 5.96 Å². The van der Waals surface area contributed by atoms with Crippen LogP contribution in [0.25, 0.3) is 0 Å². The van der Waals surface area contributed by atoms with E-state index in [1.807, 2.05) is 0 Å². The van der Waals surface area contributed by atoms with E-state index in [-0.39, 0.29) is 24.8 Å². The lowest BCUT2D eigenvalue weighted by Gasteiger charge is -2.10. The molecule has 0 amide bonds. The molecule has 1 atom stereocenters. The smallest absolute Gasteiger partial charge is 0.320 e. The number of nitrogens with zero attached hydrogens (tertiary/aromatic N) is 2. The quantitative estimate of drug-likeness (QED) is 0.282. The van der Waals surface area contributed by atoms with Crippen molar-refractivity contribution >= 4 is 36.7 Å². The van der Waals surface area contributed by atoms with Crippen LogP contribution in [0.4, 0.5) is 0 Å². The van der Waals surface area contributed by atoms with Gasteiger partial charge in [-0.25, -0.2) is 0 Å². The van der Waals surface area contributed by atoms with Crippen LogP contribution in [0, 0.1) is 0 Å². The Bertz CT molecular complexity index is 224.